The Kier molecular flexibility index (Phi) is 6.57. The number of nitrogens with zero attached hydrogens (tertiary/aromatic N) is 2. The van der Waals surface area contributed by atoms with Crippen LogP contribution in [0.3, 0.4) is 0 Å². The monoisotopic (exact) mass is 289 g/mol. The lowest BCUT2D eigenvalue weighted by Gasteiger charge is -2.18. The average Bonchev–Trinajstić information content (AvgIpc) is 2.37. The van der Waals surface area contributed by atoms with E-state index in [-0.39, 0.29) is 10.6 Å². The van der Waals surface area contributed by atoms with Gasteiger partial charge in [0.25, 0.3) is 5.56 Å². The molecule has 1 heterocycles. The van der Waals surface area contributed by atoms with Crippen LogP contribution in [0.5, 0.6) is 0 Å². The first kappa shape index (κ1) is 15.4. The molecule has 0 aliphatic rings. The standard InChI is InChI=1S/C12H20ClN3OS/c1-4-6-16-12(17)11(13)10(7-14-16)15-9(5-2)8-18-3/h7,9,15H,4-6,8H2,1-3H3. The van der Waals surface area contributed by atoms with Gasteiger partial charge in [0.1, 0.15) is 5.02 Å². The Balaban J connectivity index is 2.91. The summed E-state index contributed by atoms with van der Waals surface area (Å²) in [5, 5.41) is 7.64. The lowest BCUT2D eigenvalue weighted by atomic mass is 10.2. The molecule has 1 aromatic heterocycles. The van der Waals surface area contributed by atoms with Crippen molar-refractivity contribution in [2.75, 3.05) is 17.3 Å². The van der Waals surface area contributed by atoms with Gasteiger partial charge in [0, 0.05) is 18.3 Å². The van der Waals surface area contributed by atoms with E-state index in [0.29, 0.717) is 18.3 Å². The third-order valence-corrected chi connectivity index (χ3v) is 3.74. The summed E-state index contributed by atoms with van der Waals surface area (Å²) in [5.74, 6) is 0.977. The van der Waals surface area contributed by atoms with E-state index in [2.05, 4.69) is 23.6 Å². The molecule has 1 rings (SSSR count). The molecular weight excluding hydrogens is 270 g/mol. The molecule has 0 amide bonds. The molecule has 18 heavy (non-hydrogen) atoms. The van der Waals surface area contributed by atoms with Gasteiger partial charge in [-0.3, -0.25) is 4.79 Å². The molecule has 0 fully saturated rings. The molecule has 6 heteroatoms. The molecule has 1 atom stereocenters. The second-order valence-corrected chi connectivity index (χ2v) is 5.39. The van der Waals surface area contributed by atoms with Gasteiger partial charge in [0.15, 0.2) is 0 Å². The fraction of sp³-hybridized carbons (Fsp3) is 0.667. The van der Waals surface area contributed by atoms with E-state index in [1.807, 2.05) is 6.92 Å². The van der Waals surface area contributed by atoms with Crippen molar-refractivity contribution in [2.45, 2.75) is 39.3 Å². The highest BCUT2D eigenvalue weighted by molar-refractivity contribution is 7.98. The molecule has 4 nitrogen and oxygen atoms in total. The molecule has 1 unspecified atom stereocenters. The van der Waals surface area contributed by atoms with E-state index in [4.69, 9.17) is 11.6 Å². The van der Waals surface area contributed by atoms with Crippen LogP contribution in [-0.2, 0) is 6.54 Å². The molecule has 0 aliphatic heterocycles. The Morgan fingerprint density at radius 2 is 2.28 bits per heavy atom. The van der Waals surface area contributed by atoms with Crippen LogP contribution in [0.25, 0.3) is 0 Å². The summed E-state index contributed by atoms with van der Waals surface area (Å²) in [5.41, 5.74) is 0.414. The van der Waals surface area contributed by atoms with Gasteiger partial charge in [-0.25, -0.2) is 4.68 Å². The Labute approximate surface area is 117 Å². The minimum absolute atomic E-state index is 0.220. The maximum Gasteiger partial charge on any atom is 0.287 e. The normalized spacial score (nSPS) is 12.4. The van der Waals surface area contributed by atoms with Gasteiger partial charge in [-0.2, -0.15) is 16.9 Å². The first-order chi connectivity index (χ1) is 8.63. The first-order valence-corrected chi connectivity index (χ1v) is 7.92. The van der Waals surface area contributed by atoms with Crippen molar-refractivity contribution in [2.24, 2.45) is 0 Å². The summed E-state index contributed by atoms with van der Waals surface area (Å²) in [4.78, 5) is 11.9. The summed E-state index contributed by atoms with van der Waals surface area (Å²) in [6.07, 6.45) is 5.54. The van der Waals surface area contributed by atoms with Gasteiger partial charge in [-0.1, -0.05) is 25.4 Å². The lowest BCUT2D eigenvalue weighted by Crippen LogP contribution is -2.27. The average molecular weight is 290 g/mol. The molecule has 0 spiro atoms. The molecule has 0 aromatic carbocycles. The van der Waals surface area contributed by atoms with Crippen LogP contribution < -0.4 is 10.9 Å². The summed E-state index contributed by atoms with van der Waals surface area (Å²) >= 11 is 7.86. The van der Waals surface area contributed by atoms with E-state index < -0.39 is 0 Å². The van der Waals surface area contributed by atoms with Gasteiger partial charge in [-0.15, -0.1) is 0 Å². The summed E-state index contributed by atoms with van der Waals surface area (Å²) in [7, 11) is 0. The van der Waals surface area contributed by atoms with Crippen molar-refractivity contribution in [3.8, 4) is 0 Å². The van der Waals surface area contributed by atoms with Crippen molar-refractivity contribution in [3.63, 3.8) is 0 Å². The zero-order valence-electron chi connectivity index (χ0n) is 11.1. The van der Waals surface area contributed by atoms with Gasteiger partial charge in [0.2, 0.25) is 0 Å². The Bertz CT molecular complexity index is 436. The number of aryl methyl sites for hydroxylation is 1. The Morgan fingerprint density at radius 1 is 1.56 bits per heavy atom. The molecule has 0 radical (unpaired) electrons. The number of anilines is 1. The molecule has 1 N–H and O–H groups in total. The van der Waals surface area contributed by atoms with Gasteiger partial charge in [0.05, 0.1) is 11.9 Å². The minimum atomic E-state index is -0.220. The highest BCUT2D eigenvalue weighted by Gasteiger charge is 2.12. The predicted molar refractivity (Wildman–Crippen MR) is 79.9 cm³/mol. The first-order valence-electron chi connectivity index (χ1n) is 6.15. The van der Waals surface area contributed by atoms with Gasteiger partial charge >= 0.3 is 0 Å². The van der Waals surface area contributed by atoms with Crippen molar-refractivity contribution in [3.05, 3.63) is 21.6 Å². The fourth-order valence-electron chi connectivity index (χ4n) is 1.62. The van der Waals surface area contributed by atoms with Crippen LogP contribution in [0.15, 0.2) is 11.0 Å². The van der Waals surface area contributed by atoms with Gasteiger partial charge < -0.3 is 5.32 Å². The van der Waals surface area contributed by atoms with Crippen LogP contribution in [0.4, 0.5) is 5.69 Å². The maximum atomic E-state index is 11.9. The summed E-state index contributed by atoms with van der Waals surface area (Å²) < 4.78 is 1.41. The van der Waals surface area contributed by atoms with Crippen LogP contribution in [0.1, 0.15) is 26.7 Å². The molecule has 0 bridgehead atoms. The molecule has 1 aromatic rings. The highest BCUT2D eigenvalue weighted by Crippen LogP contribution is 2.18. The largest absolute Gasteiger partial charge is 0.379 e. The van der Waals surface area contributed by atoms with E-state index in [1.165, 1.54) is 4.68 Å². The highest BCUT2D eigenvalue weighted by atomic mass is 35.5. The zero-order valence-corrected chi connectivity index (χ0v) is 12.6. The Morgan fingerprint density at radius 3 is 2.83 bits per heavy atom. The molecule has 0 saturated heterocycles. The number of nitrogens with one attached hydrogen (secondary N) is 1. The molecular formula is C12H20ClN3OS. The van der Waals surface area contributed by atoms with Gasteiger partial charge in [-0.05, 0) is 19.1 Å². The molecule has 0 saturated carbocycles. The second-order valence-electron chi connectivity index (χ2n) is 4.11. The number of halogens is 1. The quantitative estimate of drug-likeness (QED) is 0.838. The van der Waals surface area contributed by atoms with Crippen molar-refractivity contribution >= 4 is 29.1 Å². The predicted octanol–water partition coefficient (Wildman–Crippen LogP) is 2.86. The lowest BCUT2D eigenvalue weighted by molar-refractivity contribution is 0.568. The van der Waals surface area contributed by atoms with E-state index in [1.54, 1.807) is 18.0 Å². The summed E-state index contributed by atoms with van der Waals surface area (Å²) in [6.45, 7) is 4.70. The van der Waals surface area contributed by atoms with E-state index >= 15 is 0 Å². The number of hydrogen-bond acceptors (Lipinski definition) is 4. The van der Waals surface area contributed by atoms with Crippen LogP contribution in [0.2, 0.25) is 5.02 Å². The zero-order chi connectivity index (χ0) is 13.5. The third kappa shape index (κ3) is 3.92. The number of thioether (sulfide) groups is 1. The molecule has 0 aliphatic carbocycles. The van der Waals surface area contributed by atoms with Crippen molar-refractivity contribution in [1.29, 1.82) is 0 Å². The van der Waals surface area contributed by atoms with E-state index in [9.17, 15) is 4.79 Å². The van der Waals surface area contributed by atoms with Crippen molar-refractivity contribution < 1.29 is 0 Å². The van der Waals surface area contributed by atoms with Crippen LogP contribution in [-0.4, -0.2) is 27.8 Å². The number of rotatable bonds is 7. The smallest absolute Gasteiger partial charge is 0.287 e. The fourth-order valence-corrected chi connectivity index (χ4v) is 2.54. The molecule has 102 valence electrons. The van der Waals surface area contributed by atoms with Crippen molar-refractivity contribution in [1.82, 2.24) is 9.78 Å². The third-order valence-electron chi connectivity index (χ3n) is 2.64. The van der Waals surface area contributed by atoms with E-state index in [0.717, 1.165) is 18.6 Å². The number of aromatic nitrogens is 2. The maximum absolute atomic E-state index is 11.9. The SMILES string of the molecule is CCCn1ncc(NC(CC)CSC)c(Cl)c1=O. The Hall–Kier alpha value is -0.680. The van der Waals surface area contributed by atoms with Crippen LogP contribution in [0, 0.1) is 0 Å². The topological polar surface area (TPSA) is 46.9 Å². The second kappa shape index (κ2) is 7.69. The summed E-state index contributed by atoms with van der Waals surface area (Å²) in [6, 6.07) is 0.306. The minimum Gasteiger partial charge on any atom is -0.379 e. The van der Waals surface area contributed by atoms with Crippen LogP contribution >= 0.6 is 23.4 Å². The number of hydrogen-bond donors (Lipinski definition) is 1.